The molecule has 0 aromatic heterocycles. The predicted octanol–water partition coefficient (Wildman–Crippen LogP) is 5.99. The molecule has 7 heteroatoms. The van der Waals surface area contributed by atoms with Gasteiger partial charge in [0.1, 0.15) is 21.6 Å². The van der Waals surface area contributed by atoms with Crippen LogP contribution in [0.1, 0.15) is 27.7 Å². The summed E-state index contributed by atoms with van der Waals surface area (Å²) in [5.41, 5.74) is -0.664. The Balaban J connectivity index is 2.26. The van der Waals surface area contributed by atoms with Crippen molar-refractivity contribution in [1.29, 1.82) is 0 Å². The Kier molecular flexibility index (Phi) is 9.62. The van der Waals surface area contributed by atoms with Gasteiger partial charge in [-0.15, -0.1) is 0 Å². The molecule has 0 aliphatic heterocycles. The number of benzene rings is 3. The van der Waals surface area contributed by atoms with E-state index in [0.29, 0.717) is 12.4 Å². The Morgan fingerprint density at radius 3 is 1.47 bits per heavy atom. The molecule has 0 spiro atoms. The molecule has 0 aliphatic rings. The fraction of sp³-hybridized carbons (Fsp3) is 0.296. The van der Waals surface area contributed by atoms with Gasteiger partial charge in [-0.25, -0.2) is 0 Å². The van der Waals surface area contributed by atoms with E-state index in [1.54, 1.807) is 0 Å². The monoisotopic (exact) mass is 498 g/mol. The van der Waals surface area contributed by atoms with E-state index < -0.39 is 20.7 Å². The quantitative estimate of drug-likeness (QED) is 0.185. The molecular weight excluding hydrogens is 464 g/mol. The maximum absolute atomic E-state index is 13.7. The smallest absolute Gasteiger partial charge is 0.319 e. The van der Waals surface area contributed by atoms with E-state index in [1.165, 1.54) is 0 Å². The van der Waals surface area contributed by atoms with Crippen LogP contribution in [0.5, 0.6) is 0 Å². The summed E-state index contributed by atoms with van der Waals surface area (Å²) >= 11 is 0. The minimum Gasteiger partial charge on any atom is -0.319 e. The van der Waals surface area contributed by atoms with E-state index in [2.05, 4.69) is 36.4 Å². The Bertz CT molecular complexity index is 985. The first-order valence-corrected chi connectivity index (χ1v) is 15.0. The molecule has 0 radical (unpaired) electrons. The van der Waals surface area contributed by atoms with Crippen molar-refractivity contribution in [2.45, 2.75) is 33.4 Å². The molecule has 5 nitrogen and oxygen atoms in total. The Hall–Kier alpha value is -2.29. The van der Waals surface area contributed by atoms with Gasteiger partial charge >= 0.3 is 7.60 Å². The van der Waals surface area contributed by atoms with Gasteiger partial charge in [-0.3, -0.25) is 9.56 Å². The van der Waals surface area contributed by atoms with Crippen LogP contribution < -0.4 is 15.9 Å². The molecule has 0 aliphatic carbocycles. The van der Waals surface area contributed by atoms with Crippen molar-refractivity contribution in [2.24, 2.45) is 4.99 Å². The highest BCUT2D eigenvalue weighted by molar-refractivity contribution is 7.92. The Labute approximate surface area is 204 Å². The third kappa shape index (κ3) is 5.67. The Morgan fingerprint density at radius 2 is 1.15 bits per heavy atom. The lowest BCUT2D eigenvalue weighted by molar-refractivity contribution is 0.216. The molecule has 3 rings (SSSR count). The van der Waals surface area contributed by atoms with Gasteiger partial charge in [0.25, 0.3) is 13.4 Å². The largest absolute Gasteiger partial charge is 0.342 e. The standard InChI is InChI=1S/C27H34NO4P2/c1-5-28-27(23(4)34(29,30-6-2)31-7-3)32-33(24-17-11-8-12-18-24,25-19-13-9-14-20-25)26-21-15-10-16-22-26/h8-23H,5-7H2,1-4H3/q+1. The van der Waals surface area contributed by atoms with E-state index in [-0.39, 0.29) is 13.2 Å². The second kappa shape index (κ2) is 12.4. The summed E-state index contributed by atoms with van der Waals surface area (Å²) < 4.78 is 32.1. The molecule has 3 aromatic rings. The molecule has 0 bridgehead atoms. The first-order valence-electron chi connectivity index (χ1n) is 11.7. The predicted molar refractivity (Wildman–Crippen MR) is 145 cm³/mol. The molecule has 0 amide bonds. The van der Waals surface area contributed by atoms with Crippen LogP contribution in [-0.4, -0.2) is 31.3 Å². The minimum atomic E-state index is -3.49. The maximum Gasteiger partial charge on any atom is 0.342 e. The molecule has 0 saturated carbocycles. The van der Waals surface area contributed by atoms with E-state index in [1.807, 2.05) is 82.3 Å². The molecule has 1 unspecified atom stereocenters. The van der Waals surface area contributed by atoms with Crippen LogP contribution in [0.3, 0.4) is 0 Å². The number of aliphatic imine (C=N–C) groups is 1. The number of rotatable bonds is 11. The lowest BCUT2D eigenvalue weighted by Gasteiger charge is -2.30. The minimum absolute atomic E-state index is 0.275. The van der Waals surface area contributed by atoms with E-state index in [9.17, 15) is 4.57 Å². The van der Waals surface area contributed by atoms with Gasteiger partial charge in [0.05, 0.1) is 13.2 Å². The van der Waals surface area contributed by atoms with Gasteiger partial charge in [0, 0.05) is 6.54 Å². The molecule has 180 valence electrons. The zero-order chi connectivity index (χ0) is 24.4. The summed E-state index contributed by atoms with van der Waals surface area (Å²) in [6.07, 6.45) is 0. The lowest BCUT2D eigenvalue weighted by atomic mass is 10.4. The van der Waals surface area contributed by atoms with E-state index in [4.69, 9.17) is 18.6 Å². The van der Waals surface area contributed by atoms with Crippen molar-refractivity contribution in [3.05, 3.63) is 91.0 Å². The summed E-state index contributed by atoms with van der Waals surface area (Å²) in [5, 5.41) is 3.14. The van der Waals surface area contributed by atoms with Crippen molar-refractivity contribution in [1.82, 2.24) is 0 Å². The van der Waals surface area contributed by atoms with Gasteiger partial charge in [-0.2, -0.15) is 0 Å². The first-order chi connectivity index (χ1) is 16.5. The van der Waals surface area contributed by atoms with Crippen LogP contribution in [0.15, 0.2) is 96.0 Å². The van der Waals surface area contributed by atoms with E-state index in [0.717, 1.165) is 15.9 Å². The number of nitrogens with zero attached hydrogens (tertiary/aromatic N) is 1. The molecule has 0 N–H and O–H groups in total. The summed E-state index contributed by atoms with van der Waals surface area (Å²) in [5.74, 6) is 0.387. The lowest BCUT2D eigenvalue weighted by Crippen LogP contribution is -2.37. The topological polar surface area (TPSA) is 57.1 Å². The van der Waals surface area contributed by atoms with Crippen LogP contribution in [0, 0.1) is 0 Å². The highest BCUT2D eigenvalue weighted by Gasteiger charge is 2.52. The van der Waals surface area contributed by atoms with Crippen LogP contribution in [0.25, 0.3) is 0 Å². The fourth-order valence-corrected chi connectivity index (χ4v) is 9.02. The second-order valence-electron chi connectivity index (χ2n) is 7.57. The van der Waals surface area contributed by atoms with Crippen molar-refractivity contribution < 1.29 is 18.1 Å². The van der Waals surface area contributed by atoms with Crippen LogP contribution in [-0.2, 0) is 18.1 Å². The molecule has 0 fully saturated rings. The highest BCUT2D eigenvalue weighted by atomic mass is 31.2. The summed E-state index contributed by atoms with van der Waals surface area (Å²) in [6.45, 7) is 8.41. The van der Waals surface area contributed by atoms with Crippen molar-refractivity contribution in [3.63, 3.8) is 0 Å². The summed E-state index contributed by atoms with van der Waals surface area (Å²) in [6, 6.07) is 30.6. The normalized spacial score (nSPS) is 13.5. The van der Waals surface area contributed by atoms with Crippen molar-refractivity contribution in [2.75, 3.05) is 19.8 Å². The van der Waals surface area contributed by atoms with Gasteiger partial charge in [0.2, 0.25) is 0 Å². The molecule has 3 aromatic carbocycles. The first kappa shape index (κ1) is 26.3. The number of hydrogen-bond acceptors (Lipinski definition) is 5. The third-order valence-electron chi connectivity index (χ3n) is 5.35. The van der Waals surface area contributed by atoms with Gasteiger partial charge in [-0.1, -0.05) is 54.6 Å². The molecule has 0 heterocycles. The molecule has 1 atom stereocenters. The zero-order valence-corrected chi connectivity index (χ0v) is 22.1. The van der Waals surface area contributed by atoms with Crippen molar-refractivity contribution in [3.8, 4) is 0 Å². The van der Waals surface area contributed by atoms with Crippen LogP contribution in [0.4, 0.5) is 0 Å². The fourth-order valence-electron chi connectivity index (χ4n) is 3.81. The van der Waals surface area contributed by atoms with Gasteiger partial charge in [0.15, 0.2) is 0 Å². The number of hydrogen-bond donors (Lipinski definition) is 0. The van der Waals surface area contributed by atoms with Crippen molar-refractivity contribution >= 4 is 36.9 Å². The maximum atomic E-state index is 13.7. The summed E-state index contributed by atoms with van der Waals surface area (Å²) in [4.78, 5) is 4.71. The highest BCUT2D eigenvalue weighted by Crippen LogP contribution is 2.60. The zero-order valence-electron chi connectivity index (χ0n) is 20.3. The van der Waals surface area contributed by atoms with Crippen LogP contribution in [0.2, 0.25) is 0 Å². The third-order valence-corrected chi connectivity index (χ3v) is 11.3. The summed E-state index contributed by atoms with van der Waals surface area (Å²) in [7, 11) is -6.16. The van der Waals surface area contributed by atoms with E-state index >= 15 is 0 Å². The molecule has 0 saturated heterocycles. The SMILES string of the molecule is CCN=C(O[P+](c1ccccc1)(c1ccccc1)c1ccccc1)C(C)P(=O)(OCC)OCC. The second-order valence-corrected chi connectivity index (χ2v) is 12.9. The Morgan fingerprint density at radius 1 is 0.765 bits per heavy atom. The average Bonchev–Trinajstić information content (AvgIpc) is 2.88. The van der Waals surface area contributed by atoms with Gasteiger partial charge < -0.3 is 13.6 Å². The molecule has 34 heavy (non-hydrogen) atoms. The average molecular weight is 499 g/mol. The molecular formula is C27H34NO4P2+. The van der Waals surface area contributed by atoms with Gasteiger partial charge in [-0.05, 0) is 64.1 Å². The van der Waals surface area contributed by atoms with Crippen LogP contribution >= 0.6 is 15.1 Å².